The highest BCUT2D eigenvalue weighted by atomic mass is 28.3. The van der Waals surface area contributed by atoms with E-state index < -0.39 is 8.07 Å². The average molecular weight is 154 g/mol. The van der Waals surface area contributed by atoms with Crippen LogP contribution in [0.15, 0.2) is 0 Å². The predicted molar refractivity (Wildman–Crippen MR) is 48.1 cm³/mol. The Labute approximate surface area is 64.5 Å². The largest absolute Gasteiger partial charge is 0.384 e. The van der Waals surface area contributed by atoms with Crippen LogP contribution < -0.4 is 0 Å². The van der Waals surface area contributed by atoms with Crippen LogP contribution in [0.4, 0.5) is 0 Å². The van der Waals surface area contributed by atoms with Gasteiger partial charge in [-0.2, -0.15) is 0 Å². The molecule has 10 heavy (non-hydrogen) atoms. The highest BCUT2D eigenvalue weighted by Crippen LogP contribution is 1.94. The lowest BCUT2D eigenvalue weighted by Crippen LogP contribution is -2.15. The van der Waals surface area contributed by atoms with Gasteiger partial charge in [-0.1, -0.05) is 25.6 Å². The van der Waals surface area contributed by atoms with Gasteiger partial charge in [-0.15, -0.1) is 18.4 Å². The second-order valence-electron chi connectivity index (χ2n) is 2.76. The molecule has 0 saturated carbocycles. The van der Waals surface area contributed by atoms with Crippen molar-refractivity contribution in [2.45, 2.75) is 19.6 Å². The highest BCUT2D eigenvalue weighted by molar-refractivity contribution is 6.83. The molecule has 0 rings (SSSR count). The normalized spacial score (nSPS) is 8.20. The maximum atomic E-state index is 7.64. The van der Waals surface area contributed by atoms with Crippen molar-refractivity contribution in [1.82, 2.24) is 0 Å². The minimum absolute atomic E-state index is 0.153. The molecule has 0 unspecified atom stereocenters. The average Bonchev–Trinajstić information content (AvgIpc) is 1.87. The summed E-state index contributed by atoms with van der Waals surface area (Å²) in [6, 6.07) is 0. The van der Waals surface area contributed by atoms with Gasteiger partial charge in [0, 0.05) is 0 Å². The van der Waals surface area contributed by atoms with Gasteiger partial charge in [0.15, 0.2) is 0 Å². The van der Waals surface area contributed by atoms with Crippen LogP contribution in [0.25, 0.3) is 0 Å². The van der Waals surface area contributed by atoms with Gasteiger partial charge in [0.2, 0.25) is 0 Å². The lowest BCUT2D eigenvalue weighted by atomic mass is 10.8. The summed E-state index contributed by atoms with van der Waals surface area (Å²) in [4.78, 5) is 0. The lowest BCUT2D eigenvalue weighted by molar-refractivity contribution is 0.351. The molecule has 0 amide bonds. The van der Waals surface area contributed by atoms with Crippen LogP contribution in [0.3, 0.4) is 0 Å². The van der Waals surface area contributed by atoms with Gasteiger partial charge in [-0.25, -0.2) is 0 Å². The Morgan fingerprint density at radius 2 is 1.50 bits per heavy atom. The minimum atomic E-state index is -1.10. The van der Waals surface area contributed by atoms with Crippen LogP contribution in [0.2, 0.25) is 19.6 Å². The Morgan fingerprint density at radius 3 is 1.50 bits per heavy atom. The van der Waals surface area contributed by atoms with Crippen molar-refractivity contribution in [1.29, 1.82) is 0 Å². The summed E-state index contributed by atoms with van der Waals surface area (Å²) in [5.41, 5.74) is 2.74. The van der Waals surface area contributed by atoms with Gasteiger partial charge in [0.25, 0.3) is 0 Å². The van der Waals surface area contributed by atoms with Crippen molar-refractivity contribution in [2.24, 2.45) is 0 Å². The van der Waals surface area contributed by atoms with Gasteiger partial charge in [-0.05, 0) is 0 Å². The number of aliphatic hydroxyl groups is 1. The molecule has 0 aliphatic rings. The van der Waals surface area contributed by atoms with Crippen molar-refractivity contribution in [3.05, 3.63) is 0 Å². The quantitative estimate of drug-likeness (QED) is 0.409. The SMILES string of the molecule is C#CCO.C#C[Si](C)(C)C. The molecule has 0 spiro atoms. The number of terminal acetylenes is 2. The van der Waals surface area contributed by atoms with Crippen LogP contribution in [-0.4, -0.2) is 19.8 Å². The molecule has 0 radical (unpaired) electrons. The Bertz CT molecular complexity index is 142. The zero-order valence-electron chi connectivity index (χ0n) is 6.81. The Morgan fingerprint density at radius 1 is 1.30 bits per heavy atom. The molecule has 0 atom stereocenters. The van der Waals surface area contributed by atoms with Crippen LogP contribution in [0, 0.1) is 24.3 Å². The van der Waals surface area contributed by atoms with Crippen LogP contribution in [0.1, 0.15) is 0 Å². The van der Waals surface area contributed by atoms with E-state index in [0.29, 0.717) is 0 Å². The van der Waals surface area contributed by atoms with Gasteiger partial charge in [0.1, 0.15) is 14.7 Å². The molecule has 0 heterocycles. The molecular formula is C8H14OSi. The first kappa shape index (κ1) is 12.0. The minimum Gasteiger partial charge on any atom is -0.384 e. The molecule has 2 heteroatoms. The van der Waals surface area contributed by atoms with E-state index in [9.17, 15) is 0 Å². The molecule has 0 bridgehead atoms. The molecule has 0 aliphatic carbocycles. The second-order valence-corrected chi connectivity index (χ2v) is 7.55. The summed E-state index contributed by atoms with van der Waals surface area (Å²) in [5, 5.41) is 7.64. The third-order valence-electron chi connectivity index (χ3n) is 0.524. The fraction of sp³-hybridized carbons (Fsp3) is 0.500. The molecular weight excluding hydrogens is 140 g/mol. The van der Waals surface area contributed by atoms with Crippen molar-refractivity contribution < 1.29 is 5.11 Å². The highest BCUT2D eigenvalue weighted by Gasteiger charge is 2.05. The van der Waals surface area contributed by atoms with Crippen LogP contribution >= 0.6 is 0 Å². The fourth-order valence-corrected chi connectivity index (χ4v) is 0. The molecule has 0 aliphatic heterocycles. The fourth-order valence-electron chi connectivity index (χ4n) is 0. The number of aliphatic hydroxyl groups excluding tert-OH is 1. The molecule has 0 aromatic heterocycles. The first-order valence-electron chi connectivity index (χ1n) is 3.00. The molecule has 56 valence electrons. The van der Waals surface area contributed by atoms with E-state index in [4.69, 9.17) is 11.5 Å². The topological polar surface area (TPSA) is 20.2 Å². The zero-order valence-corrected chi connectivity index (χ0v) is 7.81. The summed E-state index contributed by atoms with van der Waals surface area (Å²) >= 11 is 0. The maximum absolute atomic E-state index is 7.64. The van der Waals surface area contributed by atoms with E-state index in [-0.39, 0.29) is 6.61 Å². The summed E-state index contributed by atoms with van der Waals surface area (Å²) in [6.07, 6.45) is 9.65. The van der Waals surface area contributed by atoms with Crippen LogP contribution in [-0.2, 0) is 0 Å². The number of hydrogen-bond acceptors (Lipinski definition) is 1. The summed E-state index contributed by atoms with van der Waals surface area (Å²) in [6.45, 7) is 6.28. The van der Waals surface area contributed by atoms with Gasteiger partial charge >= 0.3 is 0 Å². The Kier molecular flexibility index (Phi) is 7.71. The van der Waals surface area contributed by atoms with E-state index in [1.807, 2.05) is 5.92 Å². The van der Waals surface area contributed by atoms with E-state index in [2.05, 4.69) is 31.6 Å². The summed E-state index contributed by atoms with van der Waals surface area (Å²) in [5.74, 6) is 1.99. The molecule has 1 N–H and O–H groups in total. The third-order valence-corrected chi connectivity index (χ3v) is 1.39. The number of rotatable bonds is 0. The summed E-state index contributed by atoms with van der Waals surface area (Å²) in [7, 11) is -1.10. The first-order valence-corrected chi connectivity index (χ1v) is 6.50. The summed E-state index contributed by atoms with van der Waals surface area (Å²) < 4.78 is 0. The van der Waals surface area contributed by atoms with Gasteiger partial charge in [-0.3, -0.25) is 0 Å². The number of hydrogen-bond donors (Lipinski definition) is 1. The first-order chi connectivity index (χ1) is 4.47. The second kappa shape index (κ2) is 6.42. The maximum Gasteiger partial charge on any atom is 0.128 e. The molecule has 0 aromatic carbocycles. The van der Waals surface area contributed by atoms with Crippen molar-refractivity contribution in [3.63, 3.8) is 0 Å². The van der Waals surface area contributed by atoms with Crippen LogP contribution in [0.5, 0.6) is 0 Å². The third kappa shape index (κ3) is 26.6. The van der Waals surface area contributed by atoms with E-state index in [1.54, 1.807) is 0 Å². The lowest BCUT2D eigenvalue weighted by Gasteiger charge is -2.00. The smallest absolute Gasteiger partial charge is 0.128 e. The van der Waals surface area contributed by atoms with E-state index >= 15 is 0 Å². The molecule has 1 nitrogen and oxygen atoms in total. The van der Waals surface area contributed by atoms with Crippen molar-refractivity contribution >= 4 is 8.07 Å². The van der Waals surface area contributed by atoms with E-state index in [0.717, 1.165) is 0 Å². The Balaban J connectivity index is 0. The predicted octanol–water partition coefficient (Wildman–Crippen LogP) is 1.11. The monoisotopic (exact) mass is 154 g/mol. The van der Waals surface area contributed by atoms with Gasteiger partial charge < -0.3 is 5.11 Å². The van der Waals surface area contributed by atoms with E-state index in [1.165, 1.54) is 0 Å². The Hall–Kier alpha value is -0.703. The van der Waals surface area contributed by atoms with Crippen molar-refractivity contribution in [2.75, 3.05) is 6.61 Å². The van der Waals surface area contributed by atoms with Gasteiger partial charge in [0.05, 0.1) is 0 Å². The molecule has 0 saturated heterocycles. The van der Waals surface area contributed by atoms with Crippen molar-refractivity contribution in [3.8, 4) is 24.3 Å². The zero-order chi connectivity index (χ0) is 8.62. The molecule has 0 aromatic rings. The molecule has 0 fully saturated rings. The standard InChI is InChI=1S/C5H10Si.C3H4O/c1-5-6(2,3)4;1-2-3-4/h1H,2-4H3;1,4H,3H2.